The summed E-state index contributed by atoms with van der Waals surface area (Å²) in [6.45, 7) is 3.73. The molecule has 0 unspecified atom stereocenters. The predicted molar refractivity (Wildman–Crippen MR) is 69.9 cm³/mol. The highest BCUT2D eigenvalue weighted by Crippen LogP contribution is 1.97. The molecule has 0 heterocycles. The van der Waals surface area contributed by atoms with E-state index in [-0.39, 0.29) is 6.61 Å². The molecule has 0 aliphatic carbocycles. The summed E-state index contributed by atoms with van der Waals surface area (Å²) in [5, 5.41) is 12.0. The zero-order valence-electron chi connectivity index (χ0n) is 10.4. The van der Waals surface area contributed by atoms with E-state index in [2.05, 4.69) is 29.6 Å². The van der Waals surface area contributed by atoms with Crippen molar-refractivity contribution in [3.05, 3.63) is 35.9 Å². The first-order valence-electron chi connectivity index (χ1n) is 6.36. The molecule has 0 bridgehead atoms. The fourth-order valence-electron chi connectivity index (χ4n) is 1.55. The van der Waals surface area contributed by atoms with E-state index in [0.717, 1.165) is 45.6 Å². The molecule has 0 fully saturated rings. The van der Waals surface area contributed by atoms with Crippen LogP contribution in [0.15, 0.2) is 30.3 Å². The van der Waals surface area contributed by atoms with Crippen LogP contribution in [-0.2, 0) is 11.3 Å². The maximum absolute atomic E-state index is 8.58. The second-order valence-corrected chi connectivity index (χ2v) is 4.06. The highest BCUT2D eigenvalue weighted by molar-refractivity contribution is 5.14. The first-order valence-corrected chi connectivity index (χ1v) is 6.36. The molecule has 0 saturated carbocycles. The minimum Gasteiger partial charge on any atom is -0.396 e. The van der Waals surface area contributed by atoms with Crippen molar-refractivity contribution in [2.75, 3.05) is 26.4 Å². The topological polar surface area (TPSA) is 41.5 Å². The number of nitrogens with one attached hydrogen (secondary N) is 1. The molecule has 1 rings (SSSR count). The quantitative estimate of drug-likeness (QED) is 0.611. The Bertz CT molecular complexity index is 264. The minimum absolute atomic E-state index is 0.266. The lowest BCUT2D eigenvalue weighted by molar-refractivity contribution is 0.123. The number of hydrogen-bond donors (Lipinski definition) is 2. The van der Waals surface area contributed by atoms with E-state index in [9.17, 15) is 0 Å². The Morgan fingerprint density at radius 2 is 1.76 bits per heavy atom. The molecule has 3 heteroatoms. The Balaban J connectivity index is 1.85. The molecule has 96 valence electrons. The van der Waals surface area contributed by atoms with Crippen molar-refractivity contribution < 1.29 is 9.84 Å². The molecule has 2 N–H and O–H groups in total. The highest BCUT2D eigenvalue weighted by atomic mass is 16.5. The van der Waals surface area contributed by atoms with Gasteiger partial charge in [0.1, 0.15) is 0 Å². The lowest BCUT2D eigenvalue weighted by Gasteiger charge is -2.05. The summed E-state index contributed by atoms with van der Waals surface area (Å²) in [5.74, 6) is 0. The summed E-state index contributed by atoms with van der Waals surface area (Å²) in [7, 11) is 0. The molecule has 0 aromatic heterocycles. The first-order chi connectivity index (χ1) is 8.43. The van der Waals surface area contributed by atoms with Crippen LogP contribution in [0.2, 0.25) is 0 Å². The van der Waals surface area contributed by atoms with Crippen LogP contribution in [-0.4, -0.2) is 31.5 Å². The van der Waals surface area contributed by atoms with Crippen molar-refractivity contribution in [2.24, 2.45) is 0 Å². The molecular weight excluding hydrogens is 214 g/mol. The van der Waals surface area contributed by atoms with E-state index in [4.69, 9.17) is 9.84 Å². The first kappa shape index (κ1) is 14.2. The molecule has 17 heavy (non-hydrogen) atoms. The number of benzene rings is 1. The van der Waals surface area contributed by atoms with Gasteiger partial charge in [0.2, 0.25) is 0 Å². The zero-order valence-corrected chi connectivity index (χ0v) is 10.4. The molecule has 0 saturated heterocycles. The summed E-state index contributed by atoms with van der Waals surface area (Å²) in [5.41, 5.74) is 1.32. The molecule has 0 spiro atoms. The molecule has 0 aliphatic rings. The average Bonchev–Trinajstić information content (AvgIpc) is 2.38. The minimum atomic E-state index is 0.266. The molecule has 0 atom stereocenters. The van der Waals surface area contributed by atoms with Crippen LogP contribution in [0.4, 0.5) is 0 Å². The Labute approximate surface area is 104 Å². The number of aliphatic hydroxyl groups is 1. The van der Waals surface area contributed by atoms with Crippen molar-refractivity contribution in [3.63, 3.8) is 0 Å². The largest absolute Gasteiger partial charge is 0.396 e. The second-order valence-electron chi connectivity index (χ2n) is 4.06. The highest BCUT2D eigenvalue weighted by Gasteiger charge is 1.92. The molecule has 1 aromatic carbocycles. The molecule has 1 aromatic rings. The number of ether oxygens (including phenoxy) is 1. The van der Waals surface area contributed by atoms with E-state index >= 15 is 0 Å². The maximum Gasteiger partial charge on any atom is 0.0478 e. The third-order valence-corrected chi connectivity index (χ3v) is 2.51. The summed E-state index contributed by atoms with van der Waals surface area (Å²) in [4.78, 5) is 0. The third kappa shape index (κ3) is 7.91. The van der Waals surface area contributed by atoms with Crippen molar-refractivity contribution in [2.45, 2.75) is 25.8 Å². The summed E-state index contributed by atoms with van der Waals surface area (Å²) in [6, 6.07) is 10.4. The molecule has 0 radical (unpaired) electrons. The molecule has 0 aliphatic heterocycles. The normalized spacial score (nSPS) is 10.6. The van der Waals surface area contributed by atoms with Gasteiger partial charge < -0.3 is 15.2 Å². The van der Waals surface area contributed by atoms with E-state index in [1.807, 2.05) is 6.07 Å². The molecule has 3 nitrogen and oxygen atoms in total. The van der Waals surface area contributed by atoms with Gasteiger partial charge in [0.05, 0.1) is 0 Å². The Morgan fingerprint density at radius 3 is 2.53 bits per heavy atom. The van der Waals surface area contributed by atoms with Gasteiger partial charge in [-0.25, -0.2) is 0 Å². The fourth-order valence-corrected chi connectivity index (χ4v) is 1.55. The van der Waals surface area contributed by atoms with Crippen LogP contribution < -0.4 is 5.32 Å². The SMILES string of the molecule is OCCCCOCCCNCc1ccccc1. The van der Waals surface area contributed by atoms with E-state index in [1.54, 1.807) is 0 Å². The van der Waals surface area contributed by atoms with Crippen LogP contribution in [0.3, 0.4) is 0 Å². The van der Waals surface area contributed by atoms with Crippen LogP contribution in [0.1, 0.15) is 24.8 Å². The van der Waals surface area contributed by atoms with E-state index < -0.39 is 0 Å². The van der Waals surface area contributed by atoms with E-state index in [1.165, 1.54) is 5.56 Å². The fraction of sp³-hybridized carbons (Fsp3) is 0.571. The Hall–Kier alpha value is -0.900. The number of rotatable bonds is 10. The van der Waals surface area contributed by atoms with Gasteiger partial charge in [-0.3, -0.25) is 0 Å². The van der Waals surface area contributed by atoms with Crippen molar-refractivity contribution >= 4 is 0 Å². The maximum atomic E-state index is 8.58. The Morgan fingerprint density at radius 1 is 1.00 bits per heavy atom. The van der Waals surface area contributed by atoms with Crippen molar-refractivity contribution in [1.82, 2.24) is 5.32 Å². The number of aliphatic hydroxyl groups excluding tert-OH is 1. The lowest BCUT2D eigenvalue weighted by Crippen LogP contribution is -2.16. The van der Waals surface area contributed by atoms with Crippen LogP contribution in [0, 0.1) is 0 Å². The lowest BCUT2D eigenvalue weighted by atomic mass is 10.2. The van der Waals surface area contributed by atoms with Gasteiger partial charge in [-0.05, 0) is 31.4 Å². The van der Waals surface area contributed by atoms with Crippen molar-refractivity contribution in [3.8, 4) is 0 Å². The van der Waals surface area contributed by atoms with Crippen LogP contribution >= 0.6 is 0 Å². The third-order valence-electron chi connectivity index (χ3n) is 2.51. The summed E-state index contributed by atoms with van der Waals surface area (Å²) >= 11 is 0. The number of hydrogen-bond acceptors (Lipinski definition) is 3. The average molecular weight is 237 g/mol. The van der Waals surface area contributed by atoms with Gasteiger partial charge in [0, 0.05) is 26.4 Å². The summed E-state index contributed by atoms with van der Waals surface area (Å²) < 4.78 is 5.44. The zero-order chi connectivity index (χ0) is 12.2. The molecular formula is C14H23NO2. The summed E-state index contributed by atoms with van der Waals surface area (Å²) in [6.07, 6.45) is 2.83. The van der Waals surface area contributed by atoms with Crippen LogP contribution in [0.25, 0.3) is 0 Å². The van der Waals surface area contributed by atoms with Gasteiger partial charge >= 0.3 is 0 Å². The van der Waals surface area contributed by atoms with Gasteiger partial charge in [-0.2, -0.15) is 0 Å². The van der Waals surface area contributed by atoms with E-state index in [0.29, 0.717) is 0 Å². The Kier molecular flexibility index (Phi) is 8.55. The van der Waals surface area contributed by atoms with Gasteiger partial charge in [-0.1, -0.05) is 30.3 Å². The van der Waals surface area contributed by atoms with Crippen LogP contribution in [0.5, 0.6) is 0 Å². The monoisotopic (exact) mass is 237 g/mol. The van der Waals surface area contributed by atoms with Gasteiger partial charge in [0.25, 0.3) is 0 Å². The van der Waals surface area contributed by atoms with Crippen molar-refractivity contribution in [1.29, 1.82) is 0 Å². The van der Waals surface area contributed by atoms with Gasteiger partial charge in [-0.15, -0.1) is 0 Å². The number of unbranched alkanes of at least 4 members (excludes halogenated alkanes) is 1. The van der Waals surface area contributed by atoms with Gasteiger partial charge in [0.15, 0.2) is 0 Å². The second kappa shape index (κ2) is 10.3. The standard InChI is InChI=1S/C14H23NO2/c16-10-4-5-11-17-12-6-9-15-13-14-7-2-1-3-8-14/h1-3,7-8,15-16H,4-6,9-13H2. The smallest absolute Gasteiger partial charge is 0.0478 e. The predicted octanol–water partition coefficient (Wildman–Crippen LogP) is 1.96. The molecule has 0 amide bonds.